The molecule has 0 fully saturated rings. The summed E-state index contributed by atoms with van der Waals surface area (Å²) in [5.41, 5.74) is 6.46. The minimum atomic E-state index is 0.661. The highest BCUT2D eigenvalue weighted by molar-refractivity contribution is 8.01. The number of aromatic nitrogens is 3. The predicted octanol–water partition coefficient (Wildman–Crippen LogP) is 1.73. The fraction of sp³-hybridized carbons (Fsp3) is 0.222. The van der Waals surface area contributed by atoms with Crippen LogP contribution >= 0.6 is 23.1 Å². The van der Waals surface area contributed by atoms with Crippen molar-refractivity contribution in [3.8, 4) is 0 Å². The van der Waals surface area contributed by atoms with Gasteiger partial charge in [-0.2, -0.15) is 0 Å². The minimum Gasteiger partial charge on any atom is -0.397 e. The molecule has 2 heterocycles. The van der Waals surface area contributed by atoms with Crippen LogP contribution in [-0.4, -0.2) is 29.3 Å². The molecule has 84 valence electrons. The first-order valence-corrected chi connectivity index (χ1v) is 6.18. The van der Waals surface area contributed by atoms with Crippen LogP contribution in [0.2, 0.25) is 0 Å². The summed E-state index contributed by atoms with van der Waals surface area (Å²) in [4.78, 5) is 6.82. The predicted molar refractivity (Wildman–Crippen MR) is 67.0 cm³/mol. The summed E-state index contributed by atoms with van der Waals surface area (Å²) >= 11 is 3.04. The van der Waals surface area contributed by atoms with Crippen molar-refractivity contribution in [3.63, 3.8) is 0 Å². The van der Waals surface area contributed by atoms with E-state index in [1.165, 1.54) is 23.1 Å². The Balaban J connectivity index is 2.18. The zero-order valence-electron chi connectivity index (χ0n) is 8.91. The fourth-order valence-electron chi connectivity index (χ4n) is 1.01. The molecule has 2 aromatic heterocycles. The first kappa shape index (κ1) is 11.2. The first-order valence-electron chi connectivity index (χ1n) is 4.55. The second-order valence-corrected chi connectivity index (χ2v) is 5.51. The summed E-state index contributed by atoms with van der Waals surface area (Å²) in [6, 6.07) is 1.87. The van der Waals surface area contributed by atoms with Gasteiger partial charge in [0.2, 0.25) is 5.13 Å². The third-order valence-electron chi connectivity index (χ3n) is 1.79. The molecule has 0 amide bonds. The second kappa shape index (κ2) is 4.67. The van der Waals surface area contributed by atoms with E-state index in [0.29, 0.717) is 5.69 Å². The lowest BCUT2D eigenvalue weighted by Crippen LogP contribution is -2.07. The zero-order valence-corrected chi connectivity index (χ0v) is 10.5. The van der Waals surface area contributed by atoms with Crippen LogP contribution < -0.4 is 10.6 Å². The van der Waals surface area contributed by atoms with Crippen molar-refractivity contribution in [1.29, 1.82) is 0 Å². The summed E-state index contributed by atoms with van der Waals surface area (Å²) in [6.07, 6.45) is 3.35. The molecular weight excluding hydrogens is 242 g/mol. The highest BCUT2D eigenvalue weighted by Crippen LogP contribution is 2.34. The monoisotopic (exact) mass is 253 g/mol. The Bertz CT molecular complexity index is 482. The van der Waals surface area contributed by atoms with Crippen LogP contribution in [0.15, 0.2) is 27.7 Å². The number of nitrogen functional groups attached to an aromatic ring is 1. The van der Waals surface area contributed by atoms with E-state index in [-0.39, 0.29) is 0 Å². The molecule has 0 aliphatic carbocycles. The molecule has 0 saturated carbocycles. The number of nitrogens with zero attached hydrogens (tertiary/aromatic N) is 4. The van der Waals surface area contributed by atoms with Gasteiger partial charge in [-0.25, -0.2) is 0 Å². The van der Waals surface area contributed by atoms with Gasteiger partial charge in [0.1, 0.15) is 0 Å². The Hall–Kier alpha value is -1.34. The van der Waals surface area contributed by atoms with Crippen molar-refractivity contribution < 1.29 is 0 Å². The second-order valence-electron chi connectivity index (χ2n) is 3.26. The highest BCUT2D eigenvalue weighted by atomic mass is 32.2. The molecule has 2 N–H and O–H groups in total. The third-order valence-corrected chi connectivity index (χ3v) is 4.02. The molecule has 0 aliphatic rings. The fourth-order valence-corrected chi connectivity index (χ4v) is 2.74. The number of rotatable bonds is 3. The Morgan fingerprint density at radius 3 is 2.81 bits per heavy atom. The van der Waals surface area contributed by atoms with Crippen LogP contribution in [0.5, 0.6) is 0 Å². The Labute approximate surface area is 102 Å². The molecule has 0 aliphatic heterocycles. The maximum atomic E-state index is 5.80. The van der Waals surface area contributed by atoms with Crippen molar-refractivity contribution in [2.75, 3.05) is 24.7 Å². The van der Waals surface area contributed by atoms with Crippen molar-refractivity contribution >= 4 is 33.9 Å². The summed E-state index contributed by atoms with van der Waals surface area (Å²) in [6.45, 7) is 0. The van der Waals surface area contributed by atoms with Crippen LogP contribution in [0, 0.1) is 0 Å². The van der Waals surface area contributed by atoms with Crippen molar-refractivity contribution in [1.82, 2.24) is 15.2 Å². The van der Waals surface area contributed by atoms with E-state index in [4.69, 9.17) is 5.73 Å². The molecule has 2 rings (SSSR count). The number of pyridine rings is 1. The van der Waals surface area contributed by atoms with Crippen LogP contribution in [0.1, 0.15) is 0 Å². The highest BCUT2D eigenvalue weighted by Gasteiger charge is 2.08. The van der Waals surface area contributed by atoms with Crippen LogP contribution in [0.4, 0.5) is 10.8 Å². The molecule has 2 aromatic rings. The van der Waals surface area contributed by atoms with Gasteiger partial charge in [-0.3, -0.25) is 4.98 Å². The molecule has 5 nitrogen and oxygen atoms in total. The van der Waals surface area contributed by atoms with E-state index in [2.05, 4.69) is 15.2 Å². The average Bonchev–Trinajstić information content (AvgIpc) is 2.70. The Morgan fingerprint density at radius 1 is 1.38 bits per heavy atom. The molecule has 0 radical (unpaired) electrons. The molecule has 0 spiro atoms. The number of anilines is 2. The SMILES string of the molecule is CN(C)c1nnc(Sc2ccncc2N)s1. The maximum absolute atomic E-state index is 5.80. The molecular formula is C9H11N5S2. The number of hydrogen-bond donors (Lipinski definition) is 1. The van der Waals surface area contributed by atoms with Gasteiger partial charge in [-0.1, -0.05) is 23.1 Å². The average molecular weight is 253 g/mol. The molecule has 0 unspecified atom stereocenters. The van der Waals surface area contributed by atoms with Gasteiger partial charge < -0.3 is 10.6 Å². The number of hydrogen-bond acceptors (Lipinski definition) is 7. The summed E-state index contributed by atoms with van der Waals surface area (Å²) in [5.74, 6) is 0. The van der Waals surface area contributed by atoms with Gasteiger partial charge in [0.15, 0.2) is 4.34 Å². The van der Waals surface area contributed by atoms with E-state index in [1.807, 2.05) is 25.1 Å². The van der Waals surface area contributed by atoms with Gasteiger partial charge in [-0.05, 0) is 6.07 Å². The normalized spacial score (nSPS) is 10.4. The van der Waals surface area contributed by atoms with E-state index in [1.54, 1.807) is 12.4 Å². The molecule has 0 saturated heterocycles. The zero-order chi connectivity index (χ0) is 11.5. The van der Waals surface area contributed by atoms with Gasteiger partial charge in [0, 0.05) is 25.2 Å². The molecule has 16 heavy (non-hydrogen) atoms. The van der Waals surface area contributed by atoms with Gasteiger partial charge in [0.05, 0.1) is 11.9 Å². The minimum absolute atomic E-state index is 0.661. The van der Waals surface area contributed by atoms with E-state index in [9.17, 15) is 0 Å². The Kier molecular flexibility index (Phi) is 3.25. The lowest BCUT2D eigenvalue weighted by molar-refractivity contribution is 0.972. The Morgan fingerprint density at radius 2 is 2.19 bits per heavy atom. The first-order chi connectivity index (χ1) is 7.66. The summed E-state index contributed by atoms with van der Waals surface area (Å²) in [5, 5.41) is 9.03. The van der Waals surface area contributed by atoms with E-state index in [0.717, 1.165) is 14.4 Å². The molecule has 0 bridgehead atoms. The quantitative estimate of drug-likeness (QED) is 0.898. The van der Waals surface area contributed by atoms with Crippen molar-refractivity contribution in [2.45, 2.75) is 9.24 Å². The largest absolute Gasteiger partial charge is 0.397 e. The van der Waals surface area contributed by atoms with Gasteiger partial charge in [-0.15, -0.1) is 10.2 Å². The number of nitrogens with two attached hydrogens (primary N) is 1. The van der Waals surface area contributed by atoms with Crippen molar-refractivity contribution in [2.24, 2.45) is 0 Å². The lowest BCUT2D eigenvalue weighted by atomic mass is 10.4. The van der Waals surface area contributed by atoms with E-state index >= 15 is 0 Å². The lowest BCUT2D eigenvalue weighted by Gasteiger charge is -2.04. The van der Waals surface area contributed by atoms with Crippen LogP contribution in [-0.2, 0) is 0 Å². The van der Waals surface area contributed by atoms with Gasteiger partial charge in [0.25, 0.3) is 0 Å². The van der Waals surface area contributed by atoms with E-state index < -0.39 is 0 Å². The van der Waals surface area contributed by atoms with Gasteiger partial charge >= 0.3 is 0 Å². The third kappa shape index (κ3) is 2.42. The maximum Gasteiger partial charge on any atom is 0.208 e. The van der Waals surface area contributed by atoms with Crippen LogP contribution in [0.3, 0.4) is 0 Å². The summed E-state index contributed by atoms with van der Waals surface area (Å²) in [7, 11) is 3.88. The smallest absolute Gasteiger partial charge is 0.208 e. The molecule has 0 atom stereocenters. The summed E-state index contributed by atoms with van der Waals surface area (Å²) < 4.78 is 0.876. The molecule has 0 aromatic carbocycles. The molecule has 7 heteroatoms. The van der Waals surface area contributed by atoms with Crippen LogP contribution in [0.25, 0.3) is 0 Å². The standard InChI is InChI=1S/C9H11N5S2/c1-14(2)8-12-13-9(16-8)15-7-3-4-11-5-6(7)10/h3-5H,10H2,1-2H3. The van der Waals surface area contributed by atoms with Crippen molar-refractivity contribution in [3.05, 3.63) is 18.5 Å². The topological polar surface area (TPSA) is 67.9 Å².